The second kappa shape index (κ2) is 4.43. The lowest BCUT2D eigenvalue weighted by Crippen LogP contribution is -1.99. The van der Waals surface area contributed by atoms with E-state index in [0.717, 1.165) is 34.4 Å². The van der Waals surface area contributed by atoms with E-state index in [1.54, 1.807) is 0 Å². The van der Waals surface area contributed by atoms with E-state index in [2.05, 4.69) is 69.3 Å². The van der Waals surface area contributed by atoms with Crippen molar-refractivity contribution < 1.29 is 0 Å². The summed E-state index contributed by atoms with van der Waals surface area (Å²) in [6.07, 6.45) is 0. The van der Waals surface area contributed by atoms with Gasteiger partial charge in [-0.15, -0.1) is 0 Å². The molecule has 1 aromatic heterocycles. The van der Waals surface area contributed by atoms with Gasteiger partial charge in [-0.25, -0.2) is 4.98 Å². The lowest BCUT2D eigenvalue weighted by molar-refractivity contribution is 0.765. The zero-order valence-electron chi connectivity index (χ0n) is 11.2. The topological polar surface area (TPSA) is 29.9 Å². The molecule has 1 N–H and O–H groups in total. The summed E-state index contributed by atoms with van der Waals surface area (Å²) in [5.74, 6) is 1.02. The molecule has 20 heavy (non-hydrogen) atoms. The minimum Gasteiger partial charge on any atom is -0.327 e. The summed E-state index contributed by atoms with van der Waals surface area (Å²) in [6.45, 7) is 1.93. The molecule has 1 aliphatic heterocycles. The Kier molecular flexibility index (Phi) is 2.69. The first-order valence-electron chi connectivity index (χ1n) is 6.67. The summed E-state index contributed by atoms with van der Waals surface area (Å²) in [7, 11) is 2.07. The average molecular weight is 328 g/mol. The van der Waals surface area contributed by atoms with Crippen molar-refractivity contribution in [2.45, 2.75) is 13.1 Å². The maximum absolute atomic E-state index is 4.78. The Bertz CT molecular complexity index is 820. The third kappa shape index (κ3) is 1.79. The van der Waals surface area contributed by atoms with Crippen LogP contribution in [0.15, 0.2) is 40.9 Å². The number of benzene rings is 2. The quantitative estimate of drug-likeness (QED) is 0.740. The number of rotatable bonds is 1. The standard InChI is InChI=1S/C16H14BrN3/c1-20-15-5-4-13(17)7-14(15)19-16(20)10-2-3-11-8-18-9-12(11)6-10/h2-7,18H,8-9H2,1H3. The van der Waals surface area contributed by atoms with Gasteiger partial charge in [0.05, 0.1) is 11.0 Å². The van der Waals surface area contributed by atoms with Crippen molar-refractivity contribution in [3.8, 4) is 11.4 Å². The minimum atomic E-state index is 0.957. The van der Waals surface area contributed by atoms with Gasteiger partial charge in [-0.2, -0.15) is 0 Å². The van der Waals surface area contributed by atoms with Crippen LogP contribution in [0.1, 0.15) is 11.1 Å². The molecule has 4 heteroatoms. The van der Waals surface area contributed by atoms with Crippen molar-refractivity contribution in [2.75, 3.05) is 0 Å². The van der Waals surface area contributed by atoms with Crippen molar-refractivity contribution in [1.82, 2.24) is 14.9 Å². The molecule has 0 radical (unpaired) electrons. The SMILES string of the molecule is Cn1c(-c2ccc3c(c2)CNC3)nc2cc(Br)ccc21. The Morgan fingerprint density at radius 3 is 2.85 bits per heavy atom. The Morgan fingerprint density at radius 2 is 1.95 bits per heavy atom. The number of nitrogens with one attached hydrogen (secondary N) is 1. The van der Waals surface area contributed by atoms with Crippen LogP contribution in [0, 0.1) is 0 Å². The molecule has 3 aromatic rings. The fraction of sp³-hybridized carbons (Fsp3) is 0.188. The highest BCUT2D eigenvalue weighted by atomic mass is 79.9. The number of hydrogen-bond donors (Lipinski definition) is 1. The zero-order chi connectivity index (χ0) is 13.7. The highest BCUT2D eigenvalue weighted by molar-refractivity contribution is 9.10. The van der Waals surface area contributed by atoms with Crippen molar-refractivity contribution in [3.05, 3.63) is 52.0 Å². The summed E-state index contributed by atoms with van der Waals surface area (Å²) in [4.78, 5) is 4.78. The maximum atomic E-state index is 4.78. The molecular formula is C16H14BrN3. The number of nitrogens with zero attached hydrogens (tertiary/aromatic N) is 2. The number of fused-ring (bicyclic) bond motifs is 2. The van der Waals surface area contributed by atoms with Crippen molar-refractivity contribution in [3.63, 3.8) is 0 Å². The molecule has 0 saturated carbocycles. The smallest absolute Gasteiger partial charge is 0.140 e. The van der Waals surface area contributed by atoms with Gasteiger partial charge < -0.3 is 9.88 Å². The number of aryl methyl sites for hydroxylation is 1. The van der Waals surface area contributed by atoms with Crippen LogP contribution in [0.4, 0.5) is 0 Å². The monoisotopic (exact) mass is 327 g/mol. The molecule has 2 aromatic carbocycles. The van der Waals surface area contributed by atoms with Gasteiger partial charge in [-0.1, -0.05) is 28.1 Å². The lowest BCUT2D eigenvalue weighted by Gasteiger charge is -2.05. The molecule has 0 spiro atoms. The molecule has 0 aliphatic carbocycles. The average Bonchev–Trinajstić information content (AvgIpc) is 3.02. The van der Waals surface area contributed by atoms with Crippen LogP contribution in [-0.4, -0.2) is 9.55 Å². The molecular weight excluding hydrogens is 314 g/mol. The molecule has 4 rings (SSSR count). The van der Waals surface area contributed by atoms with Crippen LogP contribution < -0.4 is 5.32 Å². The Labute approximate surface area is 125 Å². The Morgan fingerprint density at radius 1 is 1.10 bits per heavy atom. The van der Waals surface area contributed by atoms with E-state index >= 15 is 0 Å². The van der Waals surface area contributed by atoms with Gasteiger partial charge in [0, 0.05) is 30.2 Å². The first-order valence-corrected chi connectivity index (χ1v) is 7.46. The number of hydrogen-bond acceptors (Lipinski definition) is 2. The number of halogens is 1. The normalized spacial score (nSPS) is 13.9. The first kappa shape index (κ1) is 12.1. The zero-order valence-corrected chi connectivity index (χ0v) is 12.7. The summed E-state index contributed by atoms with van der Waals surface area (Å²) in [5, 5.41) is 3.38. The van der Waals surface area contributed by atoms with E-state index < -0.39 is 0 Å². The van der Waals surface area contributed by atoms with Crippen molar-refractivity contribution >= 4 is 27.0 Å². The van der Waals surface area contributed by atoms with Gasteiger partial charge in [-0.3, -0.25) is 0 Å². The Hall–Kier alpha value is -1.65. The van der Waals surface area contributed by atoms with Crippen LogP contribution in [-0.2, 0) is 20.1 Å². The van der Waals surface area contributed by atoms with Gasteiger partial charge in [0.15, 0.2) is 0 Å². The van der Waals surface area contributed by atoms with E-state index in [9.17, 15) is 0 Å². The van der Waals surface area contributed by atoms with E-state index in [-0.39, 0.29) is 0 Å². The summed E-state index contributed by atoms with van der Waals surface area (Å²) in [6, 6.07) is 12.9. The van der Waals surface area contributed by atoms with Crippen LogP contribution in [0.5, 0.6) is 0 Å². The summed E-state index contributed by atoms with van der Waals surface area (Å²) in [5.41, 5.74) is 6.14. The summed E-state index contributed by atoms with van der Waals surface area (Å²) < 4.78 is 3.22. The number of aromatic nitrogens is 2. The molecule has 2 heterocycles. The van der Waals surface area contributed by atoms with Crippen LogP contribution in [0.2, 0.25) is 0 Å². The fourth-order valence-electron chi connectivity index (χ4n) is 2.87. The van der Waals surface area contributed by atoms with Gasteiger partial charge in [0.25, 0.3) is 0 Å². The second-order valence-electron chi connectivity index (χ2n) is 5.21. The van der Waals surface area contributed by atoms with Gasteiger partial charge in [-0.05, 0) is 35.4 Å². The van der Waals surface area contributed by atoms with E-state index in [1.165, 1.54) is 16.7 Å². The molecule has 100 valence electrons. The van der Waals surface area contributed by atoms with Crippen molar-refractivity contribution in [2.24, 2.45) is 7.05 Å². The molecule has 0 amide bonds. The molecule has 0 saturated heterocycles. The maximum Gasteiger partial charge on any atom is 0.140 e. The molecule has 0 bridgehead atoms. The van der Waals surface area contributed by atoms with Crippen LogP contribution in [0.3, 0.4) is 0 Å². The van der Waals surface area contributed by atoms with Crippen LogP contribution in [0.25, 0.3) is 22.4 Å². The Balaban J connectivity index is 1.91. The van der Waals surface area contributed by atoms with Crippen LogP contribution >= 0.6 is 15.9 Å². The molecule has 3 nitrogen and oxygen atoms in total. The number of imidazole rings is 1. The third-order valence-electron chi connectivity index (χ3n) is 3.94. The predicted molar refractivity (Wildman–Crippen MR) is 84.4 cm³/mol. The largest absolute Gasteiger partial charge is 0.327 e. The second-order valence-corrected chi connectivity index (χ2v) is 6.13. The lowest BCUT2D eigenvalue weighted by atomic mass is 10.1. The molecule has 0 unspecified atom stereocenters. The first-order chi connectivity index (χ1) is 9.72. The van der Waals surface area contributed by atoms with E-state index in [0.29, 0.717) is 0 Å². The van der Waals surface area contributed by atoms with E-state index in [1.807, 2.05) is 0 Å². The van der Waals surface area contributed by atoms with Gasteiger partial charge in [0.1, 0.15) is 5.82 Å². The minimum absolute atomic E-state index is 0.957. The fourth-order valence-corrected chi connectivity index (χ4v) is 3.21. The predicted octanol–water partition coefficient (Wildman–Crippen LogP) is 3.61. The highest BCUT2D eigenvalue weighted by Gasteiger charge is 2.14. The third-order valence-corrected chi connectivity index (χ3v) is 4.43. The molecule has 1 aliphatic rings. The van der Waals surface area contributed by atoms with Gasteiger partial charge in [0.2, 0.25) is 0 Å². The molecule has 0 fully saturated rings. The highest BCUT2D eigenvalue weighted by Crippen LogP contribution is 2.28. The van der Waals surface area contributed by atoms with Gasteiger partial charge >= 0.3 is 0 Å². The van der Waals surface area contributed by atoms with E-state index in [4.69, 9.17) is 4.98 Å². The molecule has 0 atom stereocenters. The summed E-state index contributed by atoms with van der Waals surface area (Å²) >= 11 is 3.51. The van der Waals surface area contributed by atoms with Crippen molar-refractivity contribution in [1.29, 1.82) is 0 Å².